The van der Waals surface area contributed by atoms with Crippen LogP contribution in [0.2, 0.25) is 0 Å². The van der Waals surface area contributed by atoms with Crippen LogP contribution in [0.4, 0.5) is 0 Å². The van der Waals surface area contributed by atoms with Crippen molar-refractivity contribution in [2.24, 2.45) is 0 Å². The summed E-state index contributed by atoms with van der Waals surface area (Å²) >= 11 is 0. The minimum atomic E-state index is -0.550. The summed E-state index contributed by atoms with van der Waals surface area (Å²) in [6.45, 7) is 5.13. The normalized spacial score (nSPS) is 10.7. The third-order valence-corrected chi connectivity index (χ3v) is 2.09. The van der Waals surface area contributed by atoms with Crippen molar-refractivity contribution in [3.05, 3.63) is 23.8 Å². The summed E-state index contributed by atoms with van der Waals surface area (Å²) in [5.74, 6) is 0.320. The van der Waals surface area contributed by atoms with E-state index in [1.165, 1.54) is 13.2 Å². The summed E-state index contributed by atoms with van der Waals surface area (Å²) < 4.78 is 15.5. The number of ether oxygens (including phenoxy) is 3. The summed E-state index contributed by atoms with van der Waals surface area (Å²) in [6.07, 6.45) is 0.708. The zero-order chi connectivity index (χ0) is 14.5. The zero-order valence-electron chi connectivity index (χ0n) is 11.6. The fourth-order valence-electron chi connectivity index (χ4n) is 1.38. The Balaban J connectivity index is 2.67. The lowest BCUT2D eigenvalue weighted by Crippen LogP contribution is -2.27. The lowest BCUT2D eigenvalue weighted by molar-refractivity contribution is -0.157. The van der Waals surface area contributed by atoms with Crippen molar-refractivity contribution in [1.82, 2.24) is 0 Å². The molecule has 0 saturated carbocycles. The molecule has 0 aliphatic rings. The number of carbonyl (C=O) groups excluding carboxylic acids is 2. The molecule has 0 atom stereocenters. The molecule has 5 nitrogen and oxygen atoms in total. The molecule has 0 aromatic heterocycles. The monoisotopic (exact) mass is 266 g/mol. The summed E-state index contributed by atoms with van der Waals surface area (Å²) in [7, 11) is 1.46. The molecular weight excluding hydrogens is 248 g/mol. The molecule has 0 bridgehead atoms. The van der Waals surface area contributed by atoms with Gasteiger partial charge in [-0.25, -0.2) is 4.79 Å². The second kappa shape index (κ2) is 6.22. The van der Waals surface area contributed by atoms with Crippen molar-refractivity contribution in [3.63, 3.8) is 0 Å². The Morgan fingerprint density at radius 2 is 1.95 bits per heavy atom. The van der Waals surface area contributed by atoms with E-state index in [9.17, 15) is 9.59 Å². The smallest absolute Gasteiger partial charge is 0.344 e. The molecule has 0 aliphatic heterocycles. The fourth-order valence-corrected chi connectivity index (χ4v) is 1.38. The first-order chi connectivity index (χ1) is 8.85. The number of hydrogen-bond acceptors (Lipinski definition) is 5. The van der Waals surface area contributed by atoms with Gasteiger partial charge in [0.05, 0.1) is 7.11 Å². The first kappa shape index (κ1) is 15.0. The van der Waals surface area contributed by atoms with Crippen molar-refractivity contribution in [3.8, 4) is 11.5 Å². The lowest BCUT2D eigenvalue weighted by Gasteiger charge is -2.19. The van der Waals surface area contributed by atoms with E-state index in [0.717, 1.165) is 0 Å². The predicted octanol–water partition coefficient (Wildman–Crippen LogP) is 2.23. The molecule has 5 heteroatoms. The average Bonchev–Trinajstić information content (AvgIpc) is 2.34. The molecular formula is C14H18O5. The summed E-state index contributed by atoms with van der Waals surface area (Å²) in [6, 6.07) is 4.70. The van der Waals surface area contributed by atoms with Gasteiger partial charge < -0.3 is 14.2 Å². The van der Waals surface area contributed by atoms with Crippen LogP contribution in [0, 0.1) is 0 Å². The van der Waals surface area contributed by atoms with Crippen molar-refractivity contribution in [1.29, 1.82) is 0 Å². The highest BCUT2D eigenvalue weighted by Gasteiger charge is 2.17. The molecule has 0 unspecified atom stereocenters. The van der Waals surface area contributed by atoms with Gasteiger partial charge in [-0.3, -0.25) is 4.79 Å². The molecule has 1 aromatic carbocycles. The number of methoxy groups -OCH3 is 1. The second-order valence-electron chi connectivity index (χ2n) is 4.90. The summed E-state index contributed by atoms with van der Waals surface area (Å²) in [5.41, 5.74) is -0.0761. The molecule has 0 heterocycles. The van der Waals surface area contributed by atoms with Crippen molar-refractivity contribution >= 4 is 12.3 Å². The predicted molar refractivity (Wildman–Crippen MR) is 69.7 cm³/mol. The van der Waals surface area contributed by atoms with Crippen LogP contribution in [0.5, 0.6) is 11.5 Å². The quantitative estimate of drug-likeness (QED) is 0.604. The van der Waals surface area contributed by atoms with E-state index in [4.69, 9.17) is 14.2 Å². The minimum Gasteiger partial charge on any atom is -0.493 e. The van der Waals surface area contributed by atoms with Gasteiger partial charge in [-0.1, -0.05) is 0 Å². The van der Waals surface area contributed by atoms with Crippen LogP contribution in [-0.4, -0.2) is 31.6 Å². The SMILES string of the molecule is COc1cc(C=O)ccc1OCC(=O)OC(C)(C)C. The van der Waals surface area contributed by atoms with Gasteiger partial charge in [0.1, 0.15) is 11.9 Å². The van der Waals surface area contributed by atoms with E-state index in [0.29, 0.717) is 23.3 Å². The average molecular weight is 266 g/mol. The Morgan fingerprint density at radius 1 is 1.26 bits per heavy atom. The van der Waals surface area contributed by atoms with Gasteiger partial charge in [0.25, 0.3) is 0 Å². The molecule has 104 valence electrons. The molecule has 0 N–H and O–H groups in total. The van der Waals surface area contributed by atoms with Gasteiger partial charge >= 0.3 is 5.97 Å². The molecule has 0 saturated heterocycles. The maximum atomic E-state index is 11.5. The van der Waals surface area contributed by atoms with Crippen LogP contribution in [-0.2, 0) is 9.53 Å². The van der Waals surface area contributed by atoms with Gasteiger partial charge in [0.2, 0.25) is 0 Å². The molecule has 0 spiro atoms. The highest BCUT2D eigenvalue weighted by molar-refractivity contribution is 5.76. The Morgan fingerprint density at radius 3 is 2.47 bits per heavy atom. The fraction of sp³-hybridized carbons (Fsp3) is 0.429. The van der Waals surface area contributed by atoms with Crippen LogP contribution in [0.3, 0.4) is 0 Å². The minimum absolute atomic E-state index is 0.214. The van der Waals surface area contributed by atoms with Crippen molar-refractivity contribution < 1.29 is 23.8 Å². The Kier molecular flexibility index (Phi) is 4.92. The van der Waals surface area contributed by atoms with Gasteiger partial charge in [0, 0.05) is 5.56 Å². The topological polar surface area (TPSA) is 61.8 Å². The Hall–Kier alpha value is -2.04. The number of rotatable bonds is 5. The number of aldehydes is 1. The van der Waals surface area contributed by atoms with Crippen LogP contribution in [0.15, 0.2) is 18.2 Å². The zero-order valence-corrected chi connectivity index (χ0v) is 11.6. The van der Waals surface area contributed by atoms with E-state index in [2.05, 4.69) is 0 Å². The third-order valence-electron chi connectivity index (χ3n) is 2.09. The third kappa shape index (κ3) is 4.99. The lowest BCUT2D eigenvalue weighted by atomic mass is 10.2. The first-order valence-corrected chi connectivity index (χ1v) is 5.83. The largest absolute Gasteiger partial charge is 0.493 e. The van der Waals surface area contributed by atoms with Gasteiger partial charge in [-0.15, -0.1) is 0 Å². The maximum absolute atomic E-state index is 11.5. The molecule has 0 radical (unpaired) electrons. The first-order valence-electron chi connectivity index (χ1n) is 5.83. The maximum Gasteiger partial charge on any atom is 0.344 e. The Labute approximate surface area is 112 Å². The van der Waals surface area contributed by atoms with E-state index >= 15 is 0 Å². The number of hydrogen-bond donors (Lipinski definition) is 0. The van der Waals surface area contributed by atoms with Crippen LogP contribution in [0.25, 0.3) is 0 Å². The molecule has 1 rings (SSSR count). The van der Waals surface area contributed by atoms with E-state index < -0.39 is 11.6 Å². The van der Waals surface area contributed by atoms with E-state index in [1.807, 2.05) is 0 Å². The van der Waals surface area contributed by atoms with Gasteiger partial charge in [-0.2, -0.15) is 0 Å². The van der Waals surface area contributed by atoms with Gasteiger partial charge in [-0.05, 0) is 39.0 Å². The van der Waals surface area contributed by atoms with Crippen molar-refractivity contribution in [2.45, 2.75) is 26.4 Å². The standard InChI is InChI=1S/C14H18O5/c1-14(2,3)19-13(16)9-18-11-6-5-10(8-15)7-12(11)17-4/h5-8H,9H2,1-4H3. The van der Waals surface area contributed by atoms with Crippen molar-refractivity contribution in [2.75, 3.05) is 13.7 Å². The number of carbonyl (C=O) groups is 2. The van der Waals surface area contributed by atoms with E-state index in [-0.39, 0.29) is 6.61 Å². The van der Waals surface area contributed by atoms with E-state index in [1.54, 1.807) is 32.9 Å². The Bertz CT molecular complexity index is 459. The van der Waals surface area contributed by atoms with Crippen LogP contribution in [0.1, 0.15) is 31.1 Å². The summed E-state index contributed by atoms with van der Waals surface area (Å²) in [4.78, 5) is 22.1. The van der Waals surface area contributed by atoms with Crippen LogP contribution < -0.4 is 9.47 Å². The highest BCUT2D eigenvalue weighted by Crippen LogP contribution is 2.27. The highest BCUT2D eigenvalue weighted by atomic mass is 16.6. The van der Waals surface area contributed by atoms with Crippen LogP contribution >= 0.6 is 0 Å². The second-order valence-corrected chi connectivity index (χ2v) is 4.90. The number of benzene rings is 1. The molecule has 0 fully saturated rings. The van der Waals surface area contributed by atoms with Gasteiger partial charge in [0.15, 0.2) is 18.1 Å². The molecule has 1 aromatic rings. The molecule has 0 aliphatic carbocycles. The summed E-state index contributed by atoms with van der Waals surface area (Å²) in [5, 5.41) is 0. The number of esters is 1. The molecule has 0 amide bonds. The molecule has 19 heavy (non-hydrogen) atoms.